The molecule has 0 aliphatic carbocycles. The van der Waals surface area contributed by atoms with Crippen LogP contribution in [-0.4, -0.2) is 37.9 Å². The summed E-state index contributed by atoms with van der Waals surface area (Å²) >= 11 is 0. The van der Waals surface area contributed by atoms with Gasteiger partial charge in [0.05, 0.1) is 17.1 Å². The molecule has 0 spiro atoms. The summed E-state index contributed by atoms with van der Waals surface area (Å²) in [5.41, 5.74) is 1.73. The number of ether oxygens (including phenoxy) is 1. The third-order valence-corrected chi connectivity index (χ3v) is 4.68. The highest BCUT2D eigenvalue weighted by Gasteiger charge is 2.26. The fourth-order valence-corrected chi connectivity index (χ4v) is 3.03. The van der Waals surface area contributed by atoms with E-state index in [0.29, 0.717) is 28.8 Å². The lowest BCUT2D eigenvalue weighted by atomic mass is 10.1. The lowest BCUT2D eigenvalue weighted by Crippen LogP contribution is -2.32. The van der Waals surface area contributed by atoms with Gasteiger partial charge in [0.2, 0.25) is 0 Å². The first-order valence-corrected chi connectivity index (χ1v) is 10.0. The number of hydrogen-bond donors (Lipinski definition) is 1. The molecule has 3 heterocycles. The van der Waals surface area contributed by atoms with Crippen LogP contribution in [0.1, 0.15) is 74.8 Å². The zero-order chi connectivity index (χ0) is 22.0. The number of nitrogens with one attached hydrogen (secondary N) is 1. The average Bonchev–Trinajstić information content (AvgIpc) is 3.30. The molecule has 0 aromatic carbocycles. The van der Waals surface area contributed by atoms with Crippen molar-refractivity contribution in [2.24, 2.45) is 0 Å². The highest BCUT2D eigenvalue weighted by molar-refractivity contribution is 6.04. The van der Waals surface area contributed by atoms with E-state index in [1.54, 1.807) is 36.9 Å². The monoisotopic (exact) mass is 413 g/mol. The van der Waals surface area contributed by atoms with Crippen molar-refractivity contribution >= 4 is 28.7 Å². The van der Waals surface area contributed by atoms with Gasteiger partial charge in [0.15, 0.2) is 17.6 Å². The molecule has 0 aliphatic rings. The van der Waals surface area contributed by atoms with Crippen molar-refractivity contribution in [3.05, 3.63) is 35.3 Å². The van der Waals surface area contributed by atoms with Gasteiger partial charge in [-0.2, -0.15) is 5.10 Å². The Balaban J connectivity index is 1.90. The summed E-state index contributed by atoms with van der Waals surface area (Å²) < 4.78 is 12.3. The summed E-state index contributed by atoms with van der Waals surface area (Å²) in [6, 6.07) is 3.39. The average molecular weight is 413 g/mol. The zero-order valence-corrected chi connectivity index (χ0v) is 18.1. The summed E-state index contributed by atoms with van der Waals surface area (Å²) in [6.07, 6.45) is 0.952. The van der Waals surface area contributed by atoms with E-state index in [1.807, 2.05) is 27.7 Å². The molecular formula is C21H27N5O4. The molecule has 1 atom stereocenters. The first-order chi connectivity index (χ1) is 14.2. The Hall–Kier alpha value is -3.23. The Morgan fingerprint density at radius 3 is 2.53 bits per heavy atom. The second-order valence-electron chi connectivity index (χ2n) is 7.78. The number of pyridine rings is 1. The van der Waals surface area contributed by atoms with Gasteiger partial charge in [-0.1, -0.05) is 25.9 Å². The molecule has 1 amide bonds. The summed E-state index contributed by atoms with van der Waals surface area (Å²) in [7, 11) is 0. The van der Waals surface area contributed by atoms with Gasteiger partial charge in [0.1, 0.15) is 5.76 Å². The van der Waals surface area contributed by atoms with E-state index in [-0.39, 0.29) is 17.8 Å². The number of aromatic nitrogens is 4. The van der Waals surface area contributed by atoms with Crippen LogP contribution in [-0.2, 0) is 9.53 Å². The summed E-state index contributed by atoms with van der Waals surface area (Å²) in [5.74, 6) is -0.106. The van der Waals surface area contributed by atoms with Gasteiger partial charge >= 0.3 is 5.97 Å². The maximum Gasteiger partial charge on any atom is 0.339 e. The van der Waals surface area contributed by atoms with E-state index in [0.717, 1.165) is 5.69 Å². The Kier molecular flexibility index (Phi) is 6.19. The molecule has 30 heavy (non-hydrogen) atoms. The maximum atomic E-state index is 13.0. The third-order valence-electron chi connectivity index (χ3n) is 4.68. The number of carbonyl (C=O) groups excluding carboxylic acids is 2. The van der Waals surface area contributed by atoms with Gasteiger partial charge < -0.3 is 14.6 Å². The number of esters is 1. The molecule has 9 heteroatoms. The van der Waals surface area contributed by atoms with Gasteiger partial charge in [-0.3, -0.25) is 4.79 Å². The van der Waals surface area contributed by atoms with Crippen molar-refractivity contribution in [3.63, 3.8) is 0 Å². The van der Waals surface area contributed by atoms with Crippen molar-refractivity contribution in [3.8, 4) is 0 Å². The number of carbonyl (C=O) groups is 2. The van der Waals surface area contributed by atoms with Crippen molar-refractivity contribution in [2.45, 2.75) is 66.0 Å². The van der Waals surface area contributed by atoms with Crippen LogP contribution in [0.5, 0.6) is 0 Å². The largest absolute Gasteiger partial charge is 0.449 e. The lowest BCUT2D eigenvalue weighted by molar-refractivity contribution is -0.124. The normalized spacial score (nSPS) is 12.5. The van der Waals surface area contributed by atoms with E-state index in [1.165, 1.54) is 0 Å². The molecule has 160 valence electrons. The zero-order valence-electron chi connectivity index (χ0n) is 18.1. The Labute approximate surface area is 174 Å². The number of nitrogens with zero attached hydrogens (tertiary/aromatic N) is 4. The lowest BCUT2D eigenvalue weighted by Gasteiger charge is -2.16. The summed E-state index contributed by atoms with van der Waals surface area (Å²) in [6.45, 7) is 11.5. The van der Waals surface area contributed by atoms with Crippen LogP contribution in [0.3, 0.4) is 0 Å². The molecule has 1 N–H and O–H groups in total. The molecule has 0 bridgehead atoms. The van der Waals surface area contributed by atoms with Crippen LogP contribution in [0.2, 0.25) is 0 Å². The second-order valence-corrected chi connectivity index (χ2v) is 7.78. The molecule has 0 aliphatic heterocycles. The number of hydrogen-bond acceptors (Lipinski definition) is 7. The quantitative estimate of drug-likeness (QED) is 0.582. The van der Waals surface area contributed by atoms with Crippen LogP contribution in [0.15, 0.2) is 22.9 Å². The van der Waals surface area contributed by atoms with E-state index in [2.05, 4.69) is 20.6 Å². The SMILES string of the molecule is CCC(OC(=O)c1cc(C(C)C)nc2c1cnn2C(C)C)C(=O)Nc1cc(C)on1. The molecule has 0 fully saturated rings. The summed E-state index contributed by atoms with van der Waals surface area (Å²) in [5, 5.41) is 11.3. The fraction of sp³-hybridized carbons (Fsp3) is 0.476. The molecule has 3 aromatic rings. The topological polar surface area (TPSA) is 112 Å². The van der Waals surface area contributed by atoms with E-state index >= 15 is 0 Å². The Bertz CT molecular complexity index is 1070. The van der Waals surface area contributed by atoms with Gasteiger partial charge in [0, 0.05) is 17.8 Å². The van der Waals surface area contributed by atoms with E-state index in [9.17, 15) is 9.59 Å². The van der Waals surface area contributed by atoms with E-state index < -0.39 is 18.0 Å². The molecule has 3 rings (SSSR count). The van der Waals surface area contributed by atoms with Crippen LogP contribution in [0.25, 0.3) is 11.0 Å². The van der Waals surface area contributed by atoms with Crippen LogP contribution < -0.4 is 5.32 Å². The number of fused-ring (bicyclic) bond motifs is 1. The maximum absolute atomic E-state index is 13.0. The minimum Gasteiger partial charge on any atom is -0.449 e. The smallest absolute Gasteiger partial charge is 0.339 e. The number of anilines is 1. The molecule has 9 nitrogen and oxygen atoms in total. The number of rotatable bonds is 7. The standard InChI is InChI=1S/C21H27N5O4/c1-7-17(20(27)24-18-8-13(6)30-25-18)29-21(28)14-9-16(11(2)3)23-19-15(14)10-22-26(19)12(4)5/h8-12,17H,7H2,1-6H3,(H,24,25,27). The summed E-state index contributed by atoms with van der Waals surface area (Å²) in [4.78, 5) is 30.3. The highest BCUT2D eigenvalue weighted by Crippen LogP contribution is 2.25. The fourth-order valence-electron chi connectivity index (χ4n) is 3.03. The first-order valence-electron chi connectivity index (χ1n) is 10.0. The Morgan fingerprint density at radius 2 is 1.97 bits per heavy atom. The van der Waals surface area contributed by atoms with Crippen molar-refractivity contribution < 1.29 is 18.8 Å². The van der Waals surface area contributed by atoms with Crippen LogP contribution >= 0.6 is 0 Å². The molecule has 3 aromatic heterocycles. The second kappa shape index (κ2) is 8.64. The Morgan fingerprint density at radius 1 is 1.23 bits per heavy atom. The minimum atomic E-state index is -0.972. The molecule has 1 unspecified atom stereocenters. The number of amides is 1. The molecular weight excluding hydrogens is 386 g/mol. The van der Waals surface area contributed by atoms with Gasteiger partial charge in [-0.05, 0) is 39.2 Å². The van der Waals surface area contributed by atoms with Crippen molar-refractivity contribution in [2.75, 3.05) is 5.32 Å². The van der Waals surface area contributed by atoms with Gasteiger partial charge in [0.25, 0.3) is 5.91 Å². The number of aryl methyl sites for hydroxylation is 1. The van der Waals surface area contributed by atoms with Crippen molar-refractivity contribution in [1.29, 1.82) is 0 Å². The van der Waals surface area contributed by atoms with E-state index in [4.69, 9.17) is 9.26 Å². The first kappa shape index (κ1) is 21.5. The molecule has 0 saturated carbocycles. The third kappa shape index (κ3) is 4.34. The molecule has 0 radical (unpaired) electrons. The van der Waals surface area contributed by atoms with Crippen LogP contribution in [0.4, 0.5) is 5.82 Å². The van der Waals surface area contributed by atoms with Crippen LogP contribution in [0, 0.1) is 6.92 Å². The highest BCUT2D eigenvalue weighted by atomic mass is 16.5. The van der Waals surface area contributed by atoms with Gasteiger partial charge in [-0.15, -0.1) is 0 Å². The minimum absolute atomic E-state index is 0.0846. The molecule has 0 saturated heterocycles. The van der Waals surface area contributed by atoms with Crippen molar-refractivity contribution in [1.82, 2.24) is 19.9 Å². The predicted molar refractivity (Wildman–Crippen MR) is 111 cm³/mol. The predicted octanol–water partition coefficient (Wildman–Crippen LogP) is 4.01. The van der Waals surface area contributed by atoms with Gasteiger partial charge in [-0.25, -0.2) is 14.5 Å².